The van der Waals surface area contributed by atoms with Crippen LogP contribution in [-0.4, -0.2) is 21.4 Å². The number of benzene rings is 1. The average Bonchev–Trinajstić information content (AvgIpc) is 3.28. The number of nitrogens with two attached hydrogens (primary N) is 1. The molecule has 0 atom stereocenters. The van der Waals surface area contributed by atoms with Crippen LogP contribution >= 0.6 is 0 Å². The molecule has 0 saturated heterocycles. The van der Waals surface area contributed by atoms with Gasteiger partial charge in [0, 0.05) is 23.2 Å². The fraction of sp³-hybridized carbons (Fsp3) is 0.368. The molecule has 2 aliphatic rings. The minimum Gasteiger partial charge on any atom is -0.454 e. The molecular formula is C19H20N4O2. The first kappa shape index (κ1) is 14.6. The van der Waals surface area contributed by atoms with Gasteiger partial charge in [0.05, 0.1) is 6.20 Å². The highest BCUT2D eigenvalue weighted by molar-refractivity contribution is 5.79. The van der Waals surface area contributed by atoms with Gasteiger partial charge in [-0.25, -0.2) is 4.98 Å². The Bertz CT molecular complexity index is 944. The number of rotatable bonds is 2. The first-order valence-electron chi connectivity index (χ1n) is 8.84. The van der Waals surface area contributed by atoms with Crippen molar-refractivity contribution in [3.05, 3.63) is 36.2 Å². The molecule has 6 heteroatoms. The van der Waals surface area contributed by atoms with Crippen LogP contribution in [0, 0.1) is 0 Å². The lowest BCUT2D eigenvalue weighted by Gasteiger charge is -2.21. The average molecular weight is 336 g/mol. The van der Waals surface area contributed by atoms with E-state index >= 15 is 0 Å². The van der Waals surface area contributed by atoms with E-state index in [1.807, 2.05) is 30.5 Å². The summed E-state index contributed by atoms with van der Waals surface area (Å²) in [4.78, 5) is 4.94. The lowest BCUT2D eigenvalue weighted by Crippen LogP contribution is -2.10. The normalized spacial score (nSPS) is 17.3. The second kappa shape index (κ2) is 5.65. The molecule has 0 spiro atoms. The molecule has 128 valence electrons. The molecule has 5 rings (SSSR count). The van der Waals surface area contributed by atoms with E-state index in [4.69, 9.17) is 20.2 Å². The maximum absolute atomic E-state index is 6.26. The Hall–Kier alpha value is -2.76. The van der Waals surface area contributed by atoms with Gasteiger partial charge in [0.1, 0.15) is 5.82 Å². The summed E-state index contributed by atoms with van der Waals surface area (Å²) in [6, 6.07) is 7.90. The topological polar surface area (TPSA) is 74.7 Å². The van der Waals surface area contributed by atoms with Crippen LogP contribution in [-0.2, 0) is 0 Å². The zero-order chi connectivity index (χ0) is 16.8. The van der Waals surface area contributed by atoms with Crippen LogP contribution in [0.5, 0.6) is 11.5 Å². The number of hydrogen-bond donors (Lipinski definition) is 1. The summed E-state index contributed by atoms with van der Waals surface area (Å²) in [7, 11) is 0. The van der Waals surface area contributed by atoms with Gasteiger partial charge >= 0.3 is 0 Å². The molecule has 2 N–H and O–H groups in total. The summed E-state index contributed by atoms with van der Waals surface area (Å²) < 4.78 is 12.6. The van der Waals surface area contributed by atoms with Crippen LogP contribution < -0.4 is 15.2 Å². The molecule has 1 aliphatic heterocycles. The Balaban J connectivity index is 1.62. The Labute approximate surface area is 145 Å². The van der Waals surface area contributed by atoms with Crippen molar-refractivity contribution in [2.75, 3.05) is 12.5 Å². The molecule has 0 radical (unpaired) electrons. The SMILES string of the molecule is Nc1cc(C2CCCCC2)nc2c(-c3ccc4c(c3)OCO4)cnn12. The number of nitrogens with zero attached hydrogens (tertiary/aromatic N) is 3. The van der Waals surface area contributed by atoms with Crippen LogP contribution in [0.25, 0.3) is 16.8 Å². The van der Waals surface area contributed by atoms with Gasteiger partial charge in [-0.15, -0.1) is 0 Å². The van der Waals surface area contributed by atoms with Crippen molar-refractivity contribution in [2.45, 2.75) is 38.0 Å². The van der Waals surface area contributed by atoms with Crippen LogP contribution in [0.4, 0.5) is 5.82 Å². The van der Waals surface area contributed by atoms with E-state index in [2.05, 4.69) is 5.10 Å². The van der Waals surface area contributed by atoms with E-state index in [9.17, 15) is 0 Å². The van der Waals surface area contributed by atoms with E-state index in [0.717, 1.165) is 34.0 Å². The molecule has 25 heavy (non-hydrogen) atoms. The molecule has 1 fully saturated rings. The van der Waals surface area contributed by atoms with Crippen molar-refractivity contribution < 1.29 is 9.47 Å². The van der Waals surface area contributed by atoms with Crippen molar-refractivity contribution in [1.29, 1.82) is 0 Å². The minimum absolute atomic E-state index is 0.268. The van der Waals surface area contributed by atoms with E-state index in [0.29, 0.717) is 11.7 Å². The van der Waals surface area contributed by atoms with E-state index in [1.165, 1.54) is 32.1 Å². The first-order valence-corrected chi connectivity index (χ1v) is 8.84. The Morgan fingerprint density at radius 1 is 1.04 bits per heavy atom. The van der Waals surface area contributed by atoms with Gasteiger partial charge in [-0.05, 0) is 30.5 Å². The number of fused-ring (bicyclic) bond motifs is 2. The molecule has 0 bridgehead atoms. The minimum atomic E-state index is 0.268. The lowest BCUT2D eigenvalue weighted by molar-refractivity contribution is 0.174. The number of hydrogen-bond acceptors (Lipinski definition) is 5. The monoisotopic (exact) mass is 336 g/mol. The summed E-state index contributed by atoms with van der Waals surface area (Å²) in [5.74, 6) is 2.67. The fourth-order valence-corrected chi connectivity index (χ4v) is 3.88. The zero-order valence-corrected chi connectivity index (χ0v) is 13.9. The summed E-state index contributed by atoms with van der Waals surface area (Å²) in [6.07, 6.45) is 8.06. The molecule has 2 aromatic heterocycles. The first-order chi connectivity index (χ1) is 12.3. The third-order valence-corrected chi connectivity index (χ3v) is 5.23. The quantitative estimate of drug-likeness (QED) is 0.771. The highest BCUT2D eigenvalue weighted by atomic mass is 16.7. The van der Waals surface area contributed by atoms with E-state index in [1.54, 1.807) is 4.52 Å². The molecular weight excluding hydrogens is 316 g/mol. The molecule has 0 amide bonds. The highest BCUT2D eigenvalue weighted by Gasteiger charge is 2.21. The summed E-state index contributed by atoms with van der Waals surface area (Å²) in [5.41, 5.74) is 10.1. The molecule has 3 heterocycles. The molecule has 6 nitrogen and oxygen atoms in total. The van der Waals surface area contributed by atoms with Crippen molar-refractivity contribution in [1.82, 2.24) is 14.6 Å². The predicted octanol–water partition coefficient (Wildman–Crippen LogP) is 3.75. The second-order valence-corrected chi connectivity index (χ2v) is 6.80. The van der Waals surface area contributed by atoms with Gasteiger partial charge < -0.3 is 15.2 Å². The van der Waals surface area contributed by atoms with Crippen molar-refractivity contribution in [2.24, 2.45) is 0 Å². The smallest absolute Gasteiger partial charge is 0.231 e. The third kappa shape index (κ3) is 2.40. The third-order valence-electron chi connectivity index (χ3n) is 5.23. The van der Waals surface area contributed by atoms with Crippen molar-refractivity contribution >= 4 is 11.5 Å². The number of anilines is 1. The lowest BCUT2D eigenvalue weighted by atomic mass is 9.87. The zero-order valence-electron chi connectivity index (χ0n) is 13.9. The molecule has 0 unspecified atom stereocenters. The van der Waals surface area contributed by atoms with Gasteiger partial charge in [0.25, 0.3) is 0 Å². The number of nitrogen functional groups attached to an aromatic ring is 1. The van der Waals surface area contributed by atoms with Crippen LogP contribution in [0.3, 0.4) is 0 Å². The molecule has 1 aromatic carbocycles. The van der Waals surface area contributed by atoms with E-state index < -0.39 is 0 Å². The summed E-state index contributed by atoms with van der Waals surface area (Å²) >= 11 is 0. The van der Waals surface area contributed by atoms with Crippen molar-refractivity contribution in [3.8, 4) is 22.6 Å². The predicted molar refractivity (Wildman–Crippen MR) is 94.8 cm³/mol. The molecule has 1 saturated carbocycles. The maximum Gasteiger partial charge on any atom is 0.231 e. The van der Waals surface area contributed by atoms with Gasteiger partial charge in [0.15, 0.2) is 17.1 Å². The van der Waals surface area contributed by atoms with Gasteiger partial charge in [-0.2, -0.15) is 9.61 Å². The maximum atomic E-state index is 6.26. The number of ether oxygens (including phenoxy) is 2. The Morgan fingerprint density at radius 2 is 1.88 bits per heavy atom. The van der Waals surface area contributed by atoms with Gasteiger partial charge in [-0.3, -0.25) is 0 Å². The van der Waals surface area contributed by atoms with Gasteiger partial charge in [-0.1, -0.05) is 25.3 Å². The Kier molecular flexibility index (Phi) is 3.29. The highest BCUT2D eigenvalue weighted by Crippen LogP contribution is 2.38. The van der Waals surface area contributed by atoms with E-state index in [-0.39, 0.29) is 6.79 Å². The summed E-state index contributed by atoms with van der Waals surface area (Å²) in [6.45, 7) is 0.268. The van der Waals surface area contributed by atoms with Crippen molar-refractivity contribution in [3.63, 3.8) is 0 Å². The largest absolute Gasteiger partial charge is 0.454 e. The summed E-state index contributed by atoms with van der Waals surface area (Å²) in [5, 5.41) is 4.43. The van der Waals surface area contributed by atoms with Crippen LogP contribution in [0.1, 0.15) is 43.7 Å². The fourth-order valence-electron chi connectivity index (χ4n) is 3.88. The number of aromatic nitrogens is 3. The van der Waals surface area contributed by atoms with Gasteiger partial charge in [0.2, 0.25) is 6.79 Å². The second-order valence-electron chi connectivity index (χ2n) is 6.80. The Morgan fingerprint density at radius 3 is 2.76 bits per heavy atom. The van der Waals surface area contributed by atoms with Crippen LogP contribution in [0.2, 0.25) is 0 Å². The molecule has 1 aliphatic carbocycles. The molecule has 3 aromatic rings. The standard InChI is InChI=1S/C19H20N4O2/c20-18-9-15(12-4-2-1-3-5-12)22-19-14(10-21-23(18)19)13-6-7-16-17(8-13)25-11-24-16/h6-10,12H,1-5,11,20H2. The van der Waals surface area contributed by atoms with Crippen LogP contribution in [0.15, 0.2) is 30.5 Å².